The maximum Gasteiger partial charge on any atom is 0.307 e. The van der Waals surface area contributed by atoms with E-state index < -0.39 is 11.2 Å². The zero-order valence-electron chi connectivity index (χ0n) is 60.2. The molecule has 0 radical (unpaired) electrons. The summed E-state index contributed by atoms with van der Waals surface area (Å²) in [7, 11) is 7.76. The molecule has 4 N–H and O–H groups in total. The van der Waals surface area contributed by atoms with Crippen LogP contribution in [0.1, 0.15) is 373 Å². The highest BCUT2D eigenvalue weighted by molar-refractivity contribution is 5.70. The summed E-state index contributed by atoms with van der Waals surface area (Å²) in [6, 6.07) is 0. The van der Waals surface area contributed by atoms with Crippen LogP contribution in [0.4, 0.5) is 0 Å². The van der Waals surface area contributed by atoms with Gasteiger partial charge in [-0.15, -0.1) is 0 Å². The van der Waals surface area contributed by atoms with Crippen LogP contribution in [0.5, 0.6) is 0 Å². The van der Waals surface area contributed by atoms with E-state index in [1.807, 2.05) is 38.0 Å². The Morgan fingerprint density at radius 2 is 0.456 bits per heavy atom. The lowest BCUT2D eigenvalue weighted by molar-refractivity contribution is -0.145. The van der Waals surface area contributed by atoms with Crippen LogP contribution in [-0.4, -0.2) is 146 Å². The second-order valence-electron chi connectivity index (χ2n) is 27.4. The Morgan fingerprint density at radius 3 is 0.700 bits per heavy atom. The molecule has 0 saturated carbocycles. The molecule has 0 aliphatic rings. The maximum absolute atomic E-state index is 12.2. The Morgan fingerprint density at radius 1 is 0.267 bits per heavy atom. The highest BCUT2D eigenvalue weighted by Crippen LogP contribution is 2.30. The Kier molecular flexibility index (Phi) is 69.2. The number of aliphatic hydroxyl groups excluding tert-OH is 2. The van der Waals surface area contributed by atoms with Crippen LogP contribution in [0, 0.1) is 0 Å². The normalized spacial score (nSPS) is 11.8. The molecule has 0 aromatic carbocycles. The molecule has 0 atom stereocenters. The molecule has 0 amide bonds. The van der Waals surface area contributed by atoms with Gasteiger partial charge in [0.05, 0.1) is 50.5 Å². The smallest absolute Gasteiger partial charge is 0.307 e. The van der Waals surface area contributed by atoms with E-state index >= 15 is 0 Å². The fourth-order valence-corrected chi connectivity index (χ4v) is 11.8. The molecule has 0 rings (SSSR count). The zero-order valence-corrected chi connectivity index (χ0v) is 60.2. The van der Waals surface area contributed by atoms with Gasteiger partial charge in [-0.2, -0.15) is 0 Å². The Balaban J connectivity index is 0. The standard InChI is InChI=1S/C54H105NO7.C22H45NO5/c1-5-7-9-11-13-15-17-19-21-23-25-27-33-41-51(56)60-48-38-31-29-35-44-54(59,46-37-40-50-62-53(58)43-47-55(3)4)45-36-30-32-39-49-61-52(57)42-34-28-26-24-22-20-18-16-14-12-10-8-6-2;1-23(2)17-13-21(26)28-20-12-9-16-22(27,14-7-3-5-10-18-24)15-8-4-6-11-19-25/h59H,5-50H2,1-4H3;24-25,27H,3-20H2,1-2H3. The van der Waals surface area contributed by atoms with Crippen molar-refractivity contribution in [2.24, 2.45) is 0 Å². The van der Waals surface area contributed by atoms with Crippen molar-refractivity contribution in [2.45, 2.75) is 385 Å². The fraction of sp³-hybridized carbons (Fsp3) is 0.947. The second kappa shape index (κ2) is 69.5. The van der Waals surface area contributed by atoms with E-state index in [0.717, 1.165) is 186 Å². The average molecular weight is 1280 g/mol. The number of carbonyl (C=O) groups excluding carboxylic acids is 4. The van der Waals surface area contributed by atoms with Crippen molar-refractivity contribution in [1.29, 1.82) is 0 Å². The van der Waals surface area contributed by atoms with Gasteiger partial charge >= 0.3 is 23.9 Å². The van der Waals surface area contributed by atoms with E-state index in [0.29, 0.717) is 71.6 Å². The van der Waals surface area contributed by atoms with E-state index in [9.17, 15) is 29.4 Å². The van der Waals surface area contributed by atoms with Crippen molar-refractivity contribution in [3.63, 3.8) is 0 Å². The van der Waals surface area contributed by atoms with Gasteiger partial charge in [-0.1, -0.05) is 245 Å². The lowest BCUT2D eigenvalue weighted by atomic mass is 9.85. The number of unbranched alkanes of at least 4 members (excludes halogenated alkanes) is 38. The summed E-state index contributed by atoms with van der Waals surface area (Å²) in [5.74, 6) is -0.441. The first-order chi connectivity index (χ1) is 43.7. The minimum absolute atomic E-state index is 0.0611. The summed E-state index contributed by atoms with van der Waals surface area (Å²) >= 11 is 0. The largest absolute Gasteiger partial charge is 0.466 e. The minimum atomic E-state index is -0.727. The molecule has 0 aromatic rings. The van der Waals surface area contributed by atoms with Gasteiger partial charge in [0.1, 0.15) is 0 Å². The molecule has 0 bridgehead atoms. The van der Waals surface area contributed by atoms with Gasteiger partial charge < -0.3 is 49.2 Å². The molecule has 0 fully saturated rings. The third-order valence-corrected chi connectivity index (χ3v) is 17.8. The summed E-state index contributed by atoms with van der Waals surface area (Å²) in [6.45, 7) is 8.21. The number of hydrogen-bond acceptors (Lipinski definition) is 14. The third-order valence-electron chi connectivity index (χ3n) is 17.8. The SMILES string of the molecule is CCCCCCCCCCCCCCCC(=O)OCCCCCCC(O)(CCCCCCOC(=O)CCCCCCCCCCCCCCC)CCCCOC(=O)CCN(C)C.CN(C)CCC(=O)OCCCCC(O)(CCCCCCO)CCCCCCO. The summed E-state index contributed by atoms with van der Waals surface area (Å²) < 4.78 is 21.7. The van der Waals surface area contributed by atoms with Crippen molar-refractivity contribution >= 4 is 23.9 Å². The van der Waals surface area contributed by atoms with Crippen LogP contribution in [-0.2, 0) is 38.1 Å². The summed E-state index contributed by atoms with van der Waals surface area (Å²) in [4.78, 5) is 52.0. The second-order valence-corrected chi connectivity index (χ2v) is 27.4. The van der Waals surface area contributed by atoms with E-state index in [2.05, 4.69) is 13.8 Å². The molecule has 0 saturated heterocycles. The van der Waals surface area contributed by atoms with Gasteiger partial charge in [0.15, 0.2) is 0 Å². The summed E-state index contributed by atoms with van der Waals surface area (Å²) in [6.07, 6.45) is 58.7. The Hall–Kier alpha value is -2.36. The lowest BCUT2D eigenvalue weighted by Crippen LogP contribution is -2.29. The van der Waals surface area contributed by atoms with Gasteiger partial charge in [0.2, 0.25) is 0 Å². The van der Waals surface area contributed by atoms with Crippen molar-refractivity contribution in [3.05, 3.63) is 0 Å². The lowest BCUT2D eigenvalue weighted by Gasteiger charge is -2.28. The first-order valence-electron chi connectivity index (χ1n) is 38.2. The highest BCUT2D eigenvalue weighted by Gasteiger charge is 2.27. The van der Waals surface area contributed by atoms with E-state index in [4.69, 9.17) is 29.2 Å². The van der Waals surface area contributed by atoms with Crippen LogP contribution in [0.15, 0.2) is 0 Å². The van der Waals surface area contributed by atoms with Gasteiger partial charge in [0.25, 0.3) is 0 Å². The molecule has 90 heavy (non-hydrogen) atoms. The summed E-state index contributed by atoms with van der Waals surface area (Å²) in [5.41, 5.74) is -1.37. The average Bonchev–Trinajstić information content (AvgIpc) is 3.73. The van der Waals surface area contributed by atoms with Crippen molar-refractivity contribution in [3.8, 4) is 0 Å². The zero-order chi connectivity index (χ0) is 66.5. The number of nitrogens with zero attached hydrogens (tertiary/aromatic N) is 2. The van der Waals surface area contributed by atoms with Crippen LogP contribution < -0.4 is 0 Å². The number of ether oxygens (including phenoxy) is 4. The maximum atomic E-state index is 12.2. The molecular formula is C76H150N2O12. The molecule has 0 aliphatic carbocycles. The highest BCUT2D eigenvalue weighted by atomic mass is 16.5. The molecule has 0 spiro atoms. The first-order valence-corrected chi connectivity index (χ1v) is 38.2. The monoisotopic (exact) mass is 1280 g/mol. The number of hydrogen-bond donors (Lipinski definition) is 4. The van der Waals surface area contributed by atoms with Crippen LogP contribution in [0.3, 0.4) is 0 Å². The molecule has 0 aromatic heterocycles. The van der Waals surface area contributed by atoms with Gasteiger partial charge in [0, 0.05) is 39.1 Å². The number of rotatable bonds is 70. The van der Waals surface area contributed by atoms with Crippen LogP contribution in [0.2, 0.25) is 0 Å². The first kappa shape index (κ1) is 89.7. The fourth-order valence-electron chi connectivity index (χ4n) is 11.8. The predicted octanol–water partition coefficient (Wildman–Crippen LogP) is 18.6. The molecule has 0 unspecified atom stereocenters. The molecule has 0 aliphatic heterocycles. The van der Waals surface area contributed by atoms with Crippen molar-refractivity contribution in [1.82, 2.24) is 9.80 Å². The molecule has 14 heteroatoms. The van der Waals surface area contributed by atoms with E-state index in [-0.39, 0.29) is 37.1 Å². The predicted molar refractivity (Wildman–Crippen MR) is 375 cm³/mol. The van der Waals surface area contributed by atoms with Gasteiger partial charge in [-0.25, -0.2) is 0 Å². The third kappa shape index (κ3) is 70.0. The minimum Gasteiger partial charge on any atom is -0.466 e. The van der Waals surface area contributed by atoms with Crippen LogP contribution >= 0.6 is 0 Å². The molecule has 536 valence electrons. The number of esters is 4. The van der Waals surface area contributed by atoms with E-state index in [1.54, 1.807) is 0 Å². The van der Waals surface area contributed by atoms with Crippen molar-refractivity contribution in [2.75, 3.05) is 80.9 Å². The topological polar surface area (TPSA) is 193 Å². The van der Waals surface area contributed by atoms with Crippen LogP contribution in [0.25, 0.3) is 0 Å². The van der Waals surface area contributed by atoms with Crippen molar-refractivity contribution < 1.29 is 58.6 Å². The molecular weight excluding hydrogens is 1130 g/mol. The quantitative estimate of drug-likeness (QED) is 0.0255. The number of aliphatic hydroxyl groups is 4. The Labute approximate surface area is 555 Å². The number of carbonyl (C=O) groups is 4. The van der Waals surface area contributed by atoms with E-state index in [1.165, 1.54) is 141 Å². The molecule has 0 heterocycles. The summed E-state index contributed by atoms with van der Waals surface area (Å²) in [5, 5.41) is 40.5. The van der Waals surface area contributed by atoms with Gasteiger partial charge in [-0.05, 0) is 131 Å². The van der Waals surface area contributed by atoms with Gasteiger partial charge in [-0.3, -0.25) is 19.2 Å². The Bertz CT molecular complexity index is 1460. The molecule has 14 nitrogen and oxygen atoms in total.